The van der Waals surface area contributed by atoms with Crippen molar-refractivity contribution in [3.05, 3.63) is 71.2 Å². The number of aromatic amines is 1. The zero-order valence-electron chi connectivity index (χ0n) is 23.9. The third-order valence-corrected chi connectivity index (χ3v) is 7.32. The van der Waals surface area contributed by atoms with Crippen LogP contribution in [0.15, 0.2) is 53.1 Å². The van der Waals surface area contributed by atoms with Crippen molar-refractivity contribution in [1.82, 2.24) is 20.0 Å². The van der Waals surface area contributed by atoms with Crippen LogP contribution >= 0.6 is 10.0 Å². The molecule has 0 bridgehead atoms. The molecular weight excluding hydrogens is 503 g/mol. The summed E-state index contributed by atoms with van der Waals surface area (Å²) in [6.45, 7) is 6.74. The molecule has 1 radical (unpaired) electrons. The number of amides is 1. The number of para-hydroxylation sites is 1. The Hall–Kier alpha value is -3.44. The minimum atomic E-state index is -1.09. The van der Waals surface area contributed by atoms with Gasteiger partial charge in [0.05, 0.1) is 6.04 Å². The number of hydrogen-bond acceptors (Lipinski definition) is 4. The fourth-order valence-electron chi connectivity index (χ4n) is 4.71. The highest BCUT2D eigenvalue weighted by Crippen LogP contribution is 2.39. The molecule has 0 saturated heterocycles. The number of aromatic nitrogens is 3. The molecule has 1 aliphatic rings. The maximum Gasteiger partial charge on any atom is 0.300 e. The number of nitrogens with zero attached hydrogens (tertiary/aromatic N) is 3. The molecule has 203 valence electrons. The third-order valence-electron chi connectivity index (χ3n) is 6.61. The number of fused-ring (bicyclic) bond motifs is 3. The third kappa shape index (κ3) is 6.96. The molecule has 0 spiro atoms. The van der Waals surface area contributed by atoms with E-state index in [9.17, 15) is 4.79 Å². The Kier molecular flexibility index (Phi) is 9.24. The molecule has 3 heterocycles. The molecule has 39 heavy (non-hydrogen) atoms. The number of rotatable bonds is 5. The molecule has 1 amide bonds. The Labute approximate surface area is 234 Å². The van der Waals surface area contributed by atoms with Gasteiger partial charge in [0.2, 0.25) is 0 Å². The first-order valence-electron chi connectivity index (χ1n) is 13.5. The largest absolute Gasteiger partial charge is 0.356 e. The zero-order chi connectivity index (χ0) is 28.0. The molecule has 5 rings (SSSR count). The van der Waals surface area contributed by atoms with Crippen molar-refractivity contribution in [2.24, 2.45) is 0 Å². The summed E-state index contributed by atoms with van der Waals surface area (Å²) in [7, 11) is 1.12. The van der Waals surface area contributed by atoms with Crippen LogP contribution in [0.2, 0.25) is 13.1 Å². The van der Waals surface area contributed by atoms with E-state index in [2.05, 4.69) is 84.3 Å². The summed E-state index contributed by atoms with van der Waals surface area (Å²) in [6.07, 6.45) is 11.0. The molecule has 1 unspecified atom stereocenters. The average Bonchev–Trinajstić information content (AvgIpc) is 3.53. The molecule has 2 aromatic carbocycles. The predicted molar refractivity (Wildman–Crippen MR) is 165 cm³/mol. The summed E-state index contributed by atoms with van der Waals surface area (Å²) in [6, 6.07) is 16.1. The van der Waals surface area contributed by atoms with Crippen molar-refractivity contribution >= 4 is 34.1 Å². The van der Waals surface area contributed by atoms with Gasteiger partial charge in [-0.1, -0.05) is 68.4 Å². The van der Waals surface area contributed by atoms with Crippen molar-refractivity contribution < 1.29 is 9.32 Å². The van der Waals surface area contributed by atoms with Gasteiger partial charge in [-0.2, -0.15) is 15.0 Å². The molecule has 0 aliphatic carbocycles. The lowest BCUT2D eigenvalue weighted by atomic mass is 9.76. The van der Waals surface area contributed by atoms with E-state index >= 15 is 0 Å². The van der Waals surface area contributed by atoms with Gasteiger partial charge in [0.1, 0.15) is 7.28 Å². The van der Waals surface area contributed by atoms with Crippen molar-refractivity contribution in [3.8, 4) is 22.6 Å². The van der Waals surface area contributed by atoms with Crippen LogP contribution in [-0.2, 0) is 11.2 Å². The molecular formula is C31H38BN4O2S. The first-order chi connectivity index (χ1) is 18.7. The van der Waals surface area contributed by atoms with E-state index in [1.54, 1.807) is 6.92 Å². The summed E-state index contributed by atoms with van der Waals surface area (Å²) in [5.41, 5.74) is 5.28. The smallest absolute Gasteiger partial charge is 0.300 e. The number of nitrogens with one attached hydrogen (secondary N) is 1. The van der Waals surface area contributed by atoms with Gasteiger partial charge in [-0.15, -0.1) is 0 Å². The first kappa shape index (κ1) is 28.6. The fraction of sp³-hybridized carbons (Fsp3) is 0.387. The highest BCUT2D eigenvalue weighted by molar-refractivity contribution is 8.36. The number of hydrogen-bond donors (Lipinski definition) is 1. The van der Waals surface area contributed by atoms with Gasteiger partial charge in [-0.3, -0.25) is 4.79 Å². The Morgan fingerprint density at radius 1 is 1.18 bits per heavy atom. The molecule has 6 nitrogen and oxygen atoms in total. The topological polar surface area (TPSA) is 75.0 Å². The van der Waals surface area contributed by atoms with Crippen LogP contribution in [0.1, 0.15) is 48.5 Å². The van der Waals surface area contributed by atoms with Crippen LogP contribution in [0.5, 0.6) is 0 Å². The number of H-pyrrole nitrogens is 1. The lowest BCUT2D eigenvalue weighted by molar-refractivity contribution is -0.127. The molecule has 4 aromatic rings. The van der Waals surface area contributed by atoms with Gasteiger partial charge in [0, 0.05) is 34.6 Å². The second kappa shape index (κ2) is 12.6. The minimum Gasteiger partial charge on any atom is -0.356 e. The molecule has 0 fully saturated rings. The van der Waals surface area contributed by atoms with Crippen molar-refractivity contribution in [2.45, 2.75) is 52.3 Å². The summed E-state index contributed by atoms with van der Waals surface area (Å²) < 4.78 is 5.31. The van der Waals surface area contributed by atoms with E-state index in [1.807, 2.05) is 35.2 Å². The van der Waals surface area contributed by atoms with E-state index < -0.39 is 10.0 Å². The van der Waals surface area contributed by atoms with E-state index in [0.717, 1.165) is 28.8 Å². The van der Waals surface area contributed by atoms with Gasteiger partial charge in [0.25, 0.3) is 11.8 Å². The van der Waals surface area contributed by atoms with Crippen molar-refractivity contribution in [1.29, 1.82) is 0 Å². The molecule has 0 saturated carbocycles. The highest BCUT2D eigenvalue weighted by atomic mass is 32.3. The van der Waals surface area contributed by atoms with E-state index in [-0.39, 0.29) is 11.9 Å². The van der Waals surface area contributed by atoms with Crippen LogP contribution in [0.4, 0.5) is 0 Å². The lowest BCUT2D eigenvalue weighted by Gasteiger charge is -2.35. The average molecular weight is 542 g/mol. The minimum absolute atomic E-state index is 0.136. The van der Waals surface area contributed by atoms with Crippen LogP contribution in [0.25, 0.3) is 22.4 Å². The number of carbonyl (C=O) groups is 1. The van der Waals surface area contributed by atoms with E-state index in [4.69, 9.17) is 4.52 Å². The van der Waals surface area contributed by atoms with Crippen molar-refractivity contribution in [2.75, 3.05) is 25.3 Å². The number of aryl methyl sites for hydroxylation is 1. The van der Waals surface area contributed by atoms with Crippen LogP contribution in [0.3, 0.4) is 0 Å². The number of carbonyl (C=O) groups excluding carboxylic acids is 1. The first-order valence-corrected chi connectivity index (χ1v) is 16.4. The Morgan fingerprint density at radius 2 is 1.92 bits per heavy atom. The van der Waals surface area contributed by atoms with Crippen molar-refractivity contribution in [3.63, 3.8) is 0 Å². The molecule has 8 heteroatoms. The Balaban J connectivity index is 0.000000531. The molecule has 2 aromatic heterocycles. The molecule has 1 N–H and O–H groups in total. The van der Waals surface area contributed by atoms with E-state index in [1.165, 1.54) is 30.1 Å². The standard InChI is InChI=1S/C26H26N4O2S.C5H12B/c1-17-27-26(32-29-17)19-11-9-18(10-12-19)25-24-21(20-7-5-6-8-22(20)28-24)13-15-30(25)23(31)14-16-33(2,3)4;1-3-4-5-6-2/h5-12,25,28H,13,15H2,1-4H3;3-5H2,1-2H3. The SMILES string of the molecule is C[B]CCCC.Cc1noc(-c2ccc(C3c4[nH]c5ccccc5c4CCN3C(=O)C#CS(C)(C)C)cc2)n1. The van der Waals surface area contributed by atoms with Gasteiger partial charge in [-0.05, 0) is 66.7 Å². The second-order valence-electron chi connectivity index (χ2n) is 10.6. The van der Waals surface area contributed by atoms with Crippen LogP contribution in [0, 0.1) is 18.1 Å². The predicted octanol–water partition coefficient (Wildman–Crippen LogP) is 6.61. The normalized spacial score (nSPS) is 15.0. The second-order valence-corrected chi connectivity index (χ2v) is 14.5. The van der Waals surface area contributed by atoms with Gasteiger partial charge < -0.3 is 14.4 Å². The number of unbranched alkanes of at least 4 members (excludes halogenated alkanes) is 1. The summed E-state index contributed by atoms with van der Waals surface area (Å²) in [5, 5.41) is 8.27. The monoisotopic (exact) mass is 541 g/mol. The quantitative estimate of drug-likeness (QED) is 0.175. The zero-order valence-corrected chi connectivity index (χ0v) is 24.7. The number of benzene rings is 2. The highest BCUT2D eigenvalue weighted by Gasteiger charge is 2.34. The maximum atomic E-state index is 13.3. The van der Waals surface area contributed by atoms with Crippen LogP contribution < -0.4 is 0 Å². The molecule has 1 aliphatic heterocycles. The Morgan fingerprint density at radius 3 is 2.54 bits per heavy atom. The lowest BCUT2D eigenvalue weighted by Crippen LogP contribution is -2.40. The van der Waals surface area contributed by atoms with Gasteiger partial charge >= 0.3 is 0 Å². The molecule has 1 atom stereocenters. The summed E-state index contributed by atoms with van der Waals surface area (Å²) in [4.78, 5) is 23.1. The summed E-state index contributed by atoms with van der Waals surface area (Å²) in [5.74, 6) is 3.87. The van der Waals surface area contributed by atoms with Crippen LogP contribution in [-0.4, -0.2) is 58.5 Å². The summed E-state index contributed by atoms with van der Waals surface area (Å²) >= 11 is 0. The van der Waals surface area contributed by atoms with E-state index in [0.29, 0.717) is 18.3 Å². The van der Waals surface area contributed by atoms with Gasteiger partial charge in [-0.25, -0.2) is 0 Å². The fourth-order valence-corrected chi connectivity index (χ4v) is 5.10. The van der Waals surface area contributed by atoms with Gasteiger partial charge in [0.15, 0.2) is 5.82 Å². The Bertz CT molecular complexity index is 1470. The maximum absolute atomic E-state index is 13.3.